The van der Waals surface area contributed by atoms with Gasteiger partial charge < -0.3 is 4.74 Å². The van der Waals surface area contributed by atoms with Crippen LogP contribution in [0.3, 0.4) is 0 Å². The van der Waals surface area contributed by atoms with Crippen LogP contribution in [0.5, 0.6) is 0 Å². The molecule has 0 aromatic heterocycles. The van der Waals surface area contributed by atoms with Crippen molar-refractivity contribution in [3.05, 3.63) is 23.3 Å². The molecular weight excluding hydrogens is 528 g/mol. The maximum absolute atomic E-state index is 12.7. The summed E-state index contributed by atoms with van der Waals surface area (Å²) in [7, 11) is 0. The first-order chi connectivity index (χ1) is 21.1. The molecule has 3 nitrogen and oxygen atoms in total. The summed E-state index contributed by atoms with van der Waals surface area (Å²) >= 11 is 0. The molecule has 43 heavy (non-hydrogen) atoms. The van der Waals surface area contributed by atoms with Crippen molar-refractivity contribution in [3.8, 4) is 0 Å². The monoisotopic (exact) mass is 601 g/mol. The Hall–Kier alpha value is -1.38. The van der Waals surface area contributed by atoms with Gasteiger partial charge in [-0.3, -0.25) is 9.59 Å². The average molecular weight is 601 g/mol. The zero-order chi connectivity index (χ0) is 31.2. The molecule has 1 aliphatic rings. The molecule has 0 radical (unpaired) electrons. The molecule has 1 saturated heterocycles. The van der Waals surface area contributed by atoms with E-state index in [0.717, 1.165) is 25.7 Å². The summed E-state index contributed by atoms with van der Waals surface area (Å²) in [5.74, 6) is -1.01. The van der Waals surface area contributed by atoms with Crippen molar-refractivity contribution in [1.29, 1.82) is 0 Å². The van der Waals surface area contributed by atoms with Crippen LogP contribution in [0, 0.1) is 5.92 Å². The summed E-state index contributed by atoms with van der Waals surface area (Å²) in [6.07, 6.45) is 42.4. The predicted molar refractivity (Wildman–Crippen MR) is 186 cm³/mol. The maximum atomic E-state index is 12.7. The van der Waals surface area contributed by atoms with Gasteiger partial charge in [0.1, 0.15) is 0 Å². The molecule has 0 aromatic rings. The van der Waals surface area contributed by atoms with Crippen molar-refractivity contribution in [2.45, 2.75) is 213 Å². The standard InChI is InChI=1S/C40H72O3/c1-4-7-10-13-16-18-19-20-21-22-23-25-27-30-33-36(32-29-26-24-17-14-11-8-5-2)37(34-31-28-15-12-9-6-3)38-35-39(41)43-40(38)42/h29,32,38H,4-28,30-31,33-35H2,1-3H3. The van der Waals surface area contributed by atoms with Crippen LogP contribution < -0.4 is 0 Å². The van der Waals surface area contributed by atoms with Crippen LogP contribution in [-0.2, 0) is 14.3 Å². The Bertz CT molecular complexity index is 734. The number of esters is 2. The average Bonchev–Trinajstić information content (AvgIpc) is 3.34. The van der Waals surface area contributed by atoms with Gasteiger partial charge in [0.15, 0.2) is 0 Å². The Balaban J connectivity index is 2.61. The fourth-order valence-corrected chi connectivity index (χ4v) is 6.52. The van der Waals surface area contributed by atoms with Crippen molar-refractivity contribution < 1.29 is 14.3 Å². The van der Waals surface area contributed by atoms with Crippen molar-refractivity contribution in [1.82, 2.24) is 0 Å². The topological polar surface area (TPSA) is 43.4 Å². The lowest BCUT2D eigenvalue weighted by atomic mass is 9.86. The number of rotatable bonds is 31. The van der Waals surface area contributed by atoms with Crippen LogP contribution in [0.2, 0.25) is 0 Å². The Labute approximate surface area is 268 Å². The first-order valence-corrected chi connectivity index (χ1v) is 19.3. The Morgan fingerprint density at radius 2 is 0.953 bits per heavy atom. The van der Waals surface area contributed by atoms with Crippen LogP contribution >= 0.6 is 0 Å². The van der Waals surface area contributed by atoms with Gasteiger partial charge in [-0.1, -0.05) is 186 Å². The van der Waals surface area contributed by atoms with Gasteiger partial charge in [0.05, 0.1) is 12.3 Å². The molecule has 250 valence electrons. The van der Waals surface area contributed by atoms with Crippen LogP contribution in [0.4, 0.5) is 0 Å². The third-order valence-corrected chi connectivity index (χ3v) is 9.35. The Morgan fingerprint density at radius 3 is 1.37 bits per heavy atom. The zero-order valence-electron chi connectivity index (χ0n) is 29.2. The minimum Gasteiger partial charge on any atom is -0.393 e. The third kappa shape index (κ3) is 21.9. The molecule has 3 heteroatoms. The Kier molecular flexibility index (Phi) is 27.0. The van der Waals surface area contributed by atoms with E-state index in [-0.39, 0.29) is 24.3 Å². The van der Waals surface area contributed by atoms with Crippen LogP contribution in [0.15, 0.2) is 23.3 Å². The second-order valence-corrected chi connectivity index (χ2v) is 13.4. The number of hydrogen-bond donors (Lipinski definition) is 0. The molecule has 1 heterocycles. The van der Waals surface area contributed by atoms with E-state index in [0.29, 0.717) is 0 Å². The first-order valence-electron chi connectivity index (χ1n) is 19.3. The lowest BCUT2D eigenvalue weighted by Gasteiger charge is -2.17. The van der Waals surface area contributed by atoms with E-state index >= 15 is 0 Å². The molecule has 0 spiro atoms. The minimum absolute atomic E-state index is 0.234. The number of hydrogen-bond acceptors (Lipinski definition) is 3. The van der Waals surface area contributed by atoms with Gasteiger partial charge in [0, 0.05) is 0 Å². The van der Waals surface area contributed by atoms with E-state index in [2.05, 4.69) is 32.9 Å². The second kappa shape index (κ2) is 29.3. The summed E-state index contributed by atoms with van der Waals surface area (Å²) in [5, 5.41) is 0. The van der Waals surface area contributed by atoms with E-state index < -0.39 is 0 Å². The maximum Gasteiger partial charge on any atom is 0.321 e. The van der Waals surface area contributed by atoms with E-state index in [1.54, 1.807) is 0 Å². The molecule has 1 unspecified atom stereocenters. The number of unbranched alkanes of at least 4 members (excludes halogenated alkanes) is 24. The highest BCUT2D eigenvalue weighted by Crippen LogP contribution is 2.33. The molecule has 0 amide bonds. The molecule has 0 bridgehead atoms. The molecule has 0 N–H and O–H groups in total. The third-order valence-electron chi connectivity index (χ3n) is 9.35. The second-order valence-electron chi connectivity index (χ2n) is 13.4. The molecule has 0 aliphatic carbocycles. The lowest BCUT2D eigenvalue weighted by molar-refractivity contribution is -0.152. The first kappa shape index (κ1) is 39.6. The fraction of sp³-hybridized carbons (Fsp3) is 0.850. The van der Waals surface area contributed by atoms with Crippen molar-refractivity contribution >= 4 is 11.9 Å². The number of carbonyl (C=O) groups is 2. The molecule has 1 rings (SSSR count). The largest absolute Gasteiger partial charge is 0.393 e. The van der Waals surface area contributed by atoms with Crippen LogP contribution in [0.1, 0.15) is 213 Å². The lowest BCUT2D eigenvalue weighted by Crippen LogP contribution is -2.13. The van der Waals surface area contributed by atoms with Gasteiger partial charge in [-0.15, -0.1) is 0 Å². The van der Waals surface area contributed by atoms with Gasteiger partial charge in [-0.05, 0) is 44.1 Å². The summed E-state index contributed by atoms with van der Waals surface area (Å²) in [4.78, 5) is 24.8. The minimum atomic E-state index is -0.358. The summed E-state index contributed by atoms with van der Waals surface area (Å²) in [5.41, 5.74) is 2.54. The number of allylic oxidation sites excluding steroid dienone is 3. The molecule has 0 saturated carbocycles. The van der Waals surface area contributed by atoms with E-state index in [9.17, 15) is 9.59 Å². The van der Waals surface area contributed by atoms with Gasteiger partial charge in [-0.2, -0.15) is 0 Å². The normalized spacial score (nSPS) is 15.9. The highest BCUT2D eigenvalue weighted by molar-refractivity contribution is 5.96. The SMILES string of the molecule is CCCCCCCCC=CC(CCCCCCCCCCCCCCCC)=C(CCCCCCCC)C1CC(=O)OC1=O. The van der Waals surface area contributed by atoms with Crippen LogP contribution in [-0.4, -0.2) is 11.9 Å². The van der Waals surface area contributed by atoms with Crippen LogP contribution in [0.25, 0.3) is 0 Å². The highest BCUT2D eigenvalue weighted by Gasteiger charge is 2.36. The van der Waals surface area contributed by atoms with Crippen molar-refractivity contribution in [2.24, 2.45) is 5.92 Å². The molecule has 1 atom stereocenters. The number of carbonyl (C=O) groups excluding carboxylic acids is 2. The Morgan fingerprint density at radius 1 is 0.558 bits per heavy atom. The molecule has 0 aromatic carbocycles. The zero-order valence-corrected chi connectivity index (χ0v) is 29.2. The van der Waals surface area contributed by atoms with Gasteiger partial charge >= 0.3 is 11.9 Å². The van der Waals surface area contributed by atoms with Gasteiger partial charge in [0.2, 0.25) is 0 Å². The van der Waals surface area contributed by atoms with Crippen molar-refractivity contribution in [3.63, 3.8) is 0 Å². The summed E-state index contributed by atoms with van der Waals surface area (Å²) in [6.45, 7) is 6.81. The number of ether oxygens (including phenoxy) is 1. The highest BCUT2D eigenvalue weighted by atomic mass is 16.6. The number of cyclic esters (lactones) is 2. The van der Waals surface area contributed by atoms with E-state index in [1.807, 2.05) is 0 Å². The predicted octanol–water partition coefficient (Wildman–Crippen LogP) is 13.3. The molecular formula is C40H72O3. The van der Waals surface area contributed by atoms with E-state index in [1.165, 1.54) is 172 Å². The molecule has 1 aliphatic heterocycles. The summed E-state index contributed by atoms with van der Waals surface area (Å²) in [6, 6.07) is 0. The fourth-order valence-electron chi connectivity index (χ4n) is 6.52. The summed E-state index contributed by atoms with van der Waals surface area (Å²) < 4.78 is 5.04. The van der Waals surface area contributed by atoms with Gasteiger partial charge in [-0.25, -0.2) is 0 Å². The smallest absolute Gasteiger partial charge is 0.321 e. The molecule has 1 fully saturated rings. The van der Waals surface area contributed by atoms with Gasteiger partial charge in [0.25, 0.3) is 0 Å². The van der Waals surface area contributed by atoms with E-state index in [4.69, 9.17) is 4.74 Å². The van der Waals surface area contributed by atoms with Crippen molar-refractivity contribution in [2.75, 3.05) is 0 Å². The quantitative estimate of drug-likeness (QED) is 0.0344.